The highest BCUT2D eigenvalue weighted by molar-refractivity contribution is 9.10. The number of methoxy groups -OCH3 is 1. The maximum Gasteiger partial charge on any atom is 0.134 e. The van der Waals surface area contributed by atoms with Crippen LogP contribution in [0, 0.1) is 0 Å². The quantitative estimate of drug-likeness (QED) is 0.645. The van der Waals surface area contributed by atoms with E-state index in [0.717, 1.165) is 39.8 Å². The predicted molar refractivity (Wildman–Crippen MR) is 86.9 cm³/mol. The second-order valence-corrected chi connectivity index (χ2v) is 6.43. The van der Waals surface area contributed by atoms with Crippen molar-refractivity contribution in [3.05, 3.63) is 64.3 Å². The number of hydrogen-bond donors (Lipinski definition) is 0. The molecule has 3 heteroatoms. The Morgan fingerprint density at radius 1 is 1.10 bits per heavy atom. The van der Waals surface area contributed by atoms with Crippen molar-refractivity contribution < 1.29 is 9.15 Å². The lowest BCUT2D eigenvalue weighted by Gasteiger charge is -2.16. The van der Waals surface area contributed by atoms with Gasteiger partial charge in [0.05, 0.1) is 12.5 Å². The summed E-state index contributed by atoms with van der Waals surface area (Å²) in [6.45, 7) is 0. The maximum atomic E-state index is 6.12. The molecule has 0 radical (unpaired) electrons. The number of para-hydroxylation sites is 1. The highest BCUT2D eigenvalue weighted by Crippen LogP contribution is 2.56. The molecule has 0 unspecified atom stereocenters. The summed E-state index contributed by atoms with van der Waals surface area (Å²) in [5, 5.41) is 1.16. The van der Waals surface area contributed by atoms with Gasteiger partial charge in [0.1, 0.15) is 17.1 Å². The molecule has 0 N–H and O–H groups in total. The third-order valence-corrected chi connectivity index (χ3v) is 5.03. The average molecular weight is 343 g/mol. The molecule has 1 heterocycles. The molecule has 1 aliphatic rings. The summed E-state index contributed by atoms with van der Waals surface area (Å²) in [5.41, 5.74) is 2.20. The van der Waals surface area contributed by atoms with Crippen molar-refractivity contribution in [1.82, 2.24) is 0 Å². The molecule has 0 amide bonds. The maximum absolute atomic E-state index is 6.12. The molecule has 0 atom stereocenters. The van der Waals surface area contributed by atoms with E-state index >= 15 is 0 Å². The van der Waals surface area contributed by atoms with Gasteiger partial charge in [-0.2, -0.15) is 0 Å². The van der Waals surface area contributed by atoms with E-state index in [-0.39, 0.29) is 5.41 Å². The molecule has 1 aromatic heterocycles. The van der Waals surface area contributed by atoms with E-state index in [9.17, 15) is 0 Å². The zero-order chi connectivity index (χ0) is 14.4. The SMILES string of the molecule is COc1ccc(Br)c(C2(c3cc4ccccc4o3)CC2)c1. The molecule has 0 aliphatic heterocycles. The van der Waals surface area contributed by atoms with Crippen LogP contribution in [0.25, 0.3) is 11.0 Å². The summed E-state index contributed by atoms with van der Waals surface area (Å²) in [5.74, 6) is 1.94. The Kier molecular flexibility index (Phi) is 2.86. The van der Waals surface area contributed by atoms with E-state index < -0.39 is 0 Å². The molecule has 1 saturated carbocycles. The lowest BCUT2D eigenvalue weighted by atomic mass is 9.93. The largest absolute Gasteiger partial charge is 0.497 e. The zero-order valence-corrected chi connectivity index (χ0v) is 13.3. The van der Waals surface area contributed by atoms with Crippen LogP contribution in [0.2, 0.25) is 0 Å². The van der Waals surface area contributed by atoms with Crippen LogP contribution < -0.4 is 4.74 Å². The molecule has 2 aromatic carbocycles. The van der Waals surface area contributed by atoms with Gasteiger partial charge in [0, 0.05) is 9.86 Å². The van der Waals surface area contributed by atoms with Gasteiger partial charge in [0.25, 0.3) is 0 Å². The molecule has 0 bridgehead atoms. The van der Waals surface area contributed by atoms with Gasteiger partial charge >= 0.3 is 0 Å². The van der Waals surface area contributed by atoms with Crippen LogP contribution in [0.3, 0.4) is 0 Å². The number of benzene rings is 2. The fourth-order valence-corrected chi connectivity index (χ4v) is 3.62. The lowest BCUT2D eigenvalue weighted by molar-refractivity contribution is 0.413. The van der Waals surface area contributed by atoms with Crippen molar-refractivity contribution in [2.45, 2.75) is 18.3 Å². The van der Waals surface area contributed by atoms with Gasteiger partial charge in [0.15, 0.2) is 0 Å². The van der Waals surface area contributed by atoms with Crippen molar-refractivity contribution in [3.8, 4) is 5.75 Å². The predicted octanol–water partition coefficient (Wildman–Crippen LogP) is 5.28. The van der Waals surface area contributed by atoms with E-state index in [4.69, 9.17) is 9.15 Å². The van der Waals surface area contributed by atoms with Crippen molar-refractivity contribution in [2.75, 3.05) is 7.11 Å². The molecule has 21 heavy (non-hydrogen) atoms. The third kappa shape index (κ3) is 1.99. The summed E-state index contributed by atoms with van der Waals surface area (Å²) in [7, 11) is 1.70. The molecular weight excluding hydrogens is 328 g/mol. The summed E-state index contributed by atoms with van der Waals surface area (Å²) < 4.78 is 12.6. The Hall–Kier alpha value is -1.74. The van der Waals surface area contributed by atoms with Gasteiger partial charge in [-0.05, 0) is 48.7 Å². The fourth-order valence-electron chi connectivity index (χ4n) is 2.99. The van der Waals surface area contributed by atoms with Gasteiger partial charge in [-0.1, -0.05) is 34.1 Å². The van der Waals surface area contributed by atoms with Crippen LogP contribution in [-0.4, -0.2) is 7.11 Å². The van der Waals surface area contributed by atoms with Gasteiger partial charge < -0.3 is 9.15 Å². The second kappa shape index (κ2) is 4.63. The average Bonchev–Trinajstić information content (AvgIpc) is 3.20. The molecule has 0 saturated heterocycles. The highest BCUT2D eigenvalue weighted by Gasteiger charge is 2.50. The number of ether oxygens (including phenoxy) is 1. The zero-order valence-electron chi connectivity index (χ0n) is 11.7. The van der Waals surface area contributed by atoms with Gasteiger partial charge in [-0.15, -0.1) is 0 Å². The van der Waals surface area contributed by atoms with Crippen LogP contribution >= 0.6 is 15.9 Å². The van der Waals surface area contributed by atoms with Crippen LogP contribution in [0.15, 0.2) is 57.4 Å². The summed E-state index contributed by atoms with van der Waals surface area (Å²) >= 11 is 3.68. The molecule has 1 aliphatic carbocycles. The molecule has 0 spiro atoms. The van der Waals surface area contributed by atoms with Crippen LogP contribution in [-0.2, 0) is 5.41 Å². The Labute approximate surface area is 131 Å². The first kappa shape index (κ1) is 13.0. The number of hydrogen-bond acceptors (Lipinski definition) is 2. The summed E-state index contributed by atoms with van der Waals surface area (Å²) in [6.07, 6.45) is 2.22. The highest BCUT2D eigenvalue weighted by atomic mass is 79.9. The molecule has 4 rings (SSSR count). The molecule has 106 valence electrons. The molecular formula is C18H15BrO2. The summed E-state index contributed by atoms with van der Waals surface area (Å²) in [4.78, 5) is 0. The van der Waals surface area contributed by atoms with Gasteiger partial charge in [0.2, 0.25) is 0 Å². The fraction of sp³-hybridized carbons (Fsp3) is 0.222. The minimum atomic E-state index is -0.00755. The van der Waals surface area contributed by atoms with E-state index in [0.29, 0.717) is 0 Å². The smallest absolute Gasteiger partial charge is 0.134 e. The number of fused-ring (bicyclic) bond motifs is 1. The van der Waals surface area contributed by atoms with Crippen molar-refractivity contribution >= 4 is 26.9 Å². The monoisotopic (exact) mass is 342 g/mol. The van der Waals surface area contributed by atoms with E-state index in [2.05, 4.69) is 40.2 Å². The van der Waals surface area contributed by atoms with E-state index in [1.807, 2.05) is 24.3 Å². The minimum Gasteiger partial charge on any atom is -0.497 e. The van der Waals surface area contributed by atoms with Crippen LogP contribution in [0.4, 0.5) is 0 Å². The molecule has 3 aromatic rings. The van der Waals surface area contributed by atoms with Crippen molar-refractivity contribution in [1.29, 1.82) is 0 Å². The van der Waals surface area contributed by atoms with Crippen LogP contribution in [0.1, 0.15) is 24.2 Å². The Balaban J connectivity index is 1.87. The number of halogens is 1. The minimum absolute atomic E-state index is 0.00755. The first-order valence-corrected chi connectivity index (χ1v) is 7.85. The first-order valence-electron chi connectivity index (χ1n) is 7.06. The van der Waals surface area contributed by atoms with Gasteiger partial charge in [-0.25, -0.2) is 0 Å². The lowest BCUT2D eigenvalue weighted by Crippen LogP contribution is -2.08. The Morgan fingerprint density at radius 3 is 2.62 bits per heavy atom. The standard InChI is InChI=1S/C18H15BrO2/c1-20-13-6-7-15(19)14(11-13)18(8-9-18)17-10-12-4-2-3-5-16(12)21-17/h2-7,10-11H,8-9H2,1H3. The summed E-state index contributed by atoms with van der Waals surface area (Å²) in [6, 6.07) is 16.5. The Morgan fingerprint density at radius 2 is 1.90 bits per heavy atom. The normalized spacial score (nSPS) is 16.1. The van der Waals surface area contributed by atoms with Crippen LogP contribution in [0.5, 0.6) is 5.75 Å². The number of rotatable bonds is 3. The van der Waals surface area contributed by atoms with E-state index in [1.165, 1.54) is 5.56 Å². The second-order valence-electron chi connectivity index (χ2n) is 5.58. The third-order valence-electron chi connectivity index (χ3n) is 4.34. The van der Waals surface area contributed by atoms with Crippen molar-refractivity contribution in [2.24, 2.45) is 0 Å². The molecule has 2 nitrogen and oxygen atoms in total. The van der Waals surface area contributed by atoms with Gasteiger partial charge in [-0.3, -0.25) is 0 Å². The molecule has 1 fully saturated rings. The van der Waals surface area contributed by atoms with E-state index in [1.54, 1.807) is 7.11 Å². The topological polar surface area (TPSA) is 22.4 Å². The first-order chi connectivity index (χ1) is 10.2. The Bertz CT molecular complexity index is 782. The number of furan rings is 1. The van der Waals surface area contributed by atoms with Crippen molar-refractivity contribution in [3.63, 3.8) is 0 Å².